The van der Waals surface area contributed by atoms with Gasteiger partial charge in [0, 0.05) is 21.3 Å². The maximum atomic E-state index is 12.9. The lowest BCUT2D eigenvalue weighted by molar-refractivity contribution is -0.138. The molecule has 5 rings (SSSR count). The van der Waals surface area contributed by atoms with Crippen LogP contribution in [0.3, 0.4) is 0 Å². The van der Waals surface area contributed by atoms with Gasteiger partial charge in [-0.3, -0.25) is 14.8 Å². The highest BCUT2D eigenvalue weighted by Gasteiger charge is 2.36. The van der Waals surface area contributed by atoms with Crippen LogP contribution in [-0.4, -0.2) is 16.1 Å². The second kappa shape index (κ2) is 9.85. The number of hydrogen-bond donors (Lipinski definition) is 2. The maximum Gasteiger partial charge on any atom is 0.445 e. The zero-order chi connectivity index (χ0) is 26.5. The fraction of sp³-hybridized carbons (Fsp3) is 0.320. The number of carbonyl (C=O) groups is 1. The Morgan fingerprint density at radius 2 is 1.95 bits per heavy atom. The summed E-state index contributed by atoms with van der Waals surface area (Å²) >= 11 is 9.77. The zero-order valence-corrected chi connectivity index (χ0v) is 23.2. The average Bonchev–Trinajstić information content (AvgIpc) is 3.41. The predicted octanol–water partition coefficient (Wildman–Crippen LogP) is 8.30. The number of halogens is 4. The normalized spacial score (nSPS) is 17.1. The van der Waals surface area contributed by atoms with Crippen LogP contribution in [0.1, 0.15) is 58.4 Å². The summed E-state index contributed by atoms with van der Waals surface area (Å²) in [6, 6.07) is 11.3. The number of amides is 1. The molecule has 0 spiro atoms. The highest BCUT2D eigenvalue weighted by Crippen LogP contribution is 2.44. The van der Waals surface area contributed by atoms with E-state index in [-0.39, 0.29) is 16.6 Å². The molecule has 0 radical (unpaired) electrons. The number of nitrogens with one attached hydrogen (secondary N) is 2. The molecule has 1 unspecified atom stereocenters. The van der Waals surface area contributed by atoms with Crippen LogP contribution in [-0.2, 0) is 12.6 Å². The molecule has 2 heterocycles. The van der Waals surface area contributed by atoms with E-state index in [2.05, 4.69) is 41.0 Å². The number of hydrogen-bond acceptors (Lipinski definition) is 7. The van der Waals surface area contributed by atoms with Gasteiger partial charge >= 0.3 is 6.18 Å². The lowest BCUT2D eigenvalue weighted by Gasteiger charge is -2.37. The van der Waals surface area contributed by atoms with Crippen molar-refractivity contribution in [2.45, 2.75) is 50.0 Å². The molecule has 194 valence electrons. The second-order valence-electron chi connectivity index (χ2n) is 9.75. The summed E-state index contributed by atoms with van der Waals surface area (Å²) in [4.78, 5) is 12.9. The molecule has 37 heavy (non-hydrogen) atoms. The zero-order valence-electron chi connectivity index (χ0n) is 20.0. The van der Waals surface area contributed by atoms with Gasteiger partial charge in [0.2, 0.25) is 10.1 Å². The molecular formula is C25H22ClF3N4OS3. The SMILES string of the molecule is Cc1c(SNC2CC(C)(C)Cc3ccc(C(=O)Nc4nnc(C(F)(F)F)s4)cc32)sc2ccc(Cl)cc12. The van der Waals surface area contributed by atoms with Gasteiger partial charge in [-0.1, -0.05) is 42.9 Å². The highest BCUT2D eigenvalue weighted by molar-refractivity contribution is 7.99. The van der Waals surface area contributed by atoms with Gasteiger partial charge in [-0.05, 0) is 89.5 Å². The minimum absolute atomic E-state index is 0.0249. The molecule has 0 aliphatic heterocycles. The quantitative estimate of drug-likeness (QED) is 0.232. The third-order valence-electron chi connectivity index (χ3n) is 6.25. The minimum Gasteiger partial charge on any atom is -0.296 e. The topological polar surface area (TPSA) is 66.9 Å². The number of aryl methyl sites for hydroxylation is 1. The predicted molar refractivity (Wildman–Crippen MR) is 145 cm³/mol. The van der Waals surface area contributed by atoms with Crippen LogP contribution in [0.4, 0.5) is 18.3 Å². The van der Waals surface area contributed by atoms with E-state index in [4.69, 9.17) is 11.6 Å². The van der Waals surface area contributed by atoms with E-state index in [1.165, 1.54) is 10.3 Å². The standard InChI is InChI=1S/C25H22ClF3N4OS3/c1-12-16-9-15(26)6-7-19(16)35-21(12)37-33-18-11-24(2,3)10-14-5-4-13(8-17(14)18)20(34)30-23-32-31-22(36-23)25(27,28)29/h4-9,18,33H,10-11H2,1-3H3,(H,30,32,34). The van der Waals surface area contributed by atoms with Crippen molar-refractivity contribution in [3.8, 4) is 0 Å². The molecule has 0 fully saturated rings. The van der Waals surface area contributed by atoms with Gasteiger partial charge in [0.25, 0.3) is 5.91 Å². The molecule has 0 saturated carbocycles. The van der Waals surface area contributed by atoms with Crippen molar-refractivity contribution in [3.63, 3.8) is 0 Å². The number of anilines is 1. The summed E-state index contributed by atoms with van der Waals surface area (Å²) in [5.74, 6) is -0.527. The fourth-order valence-corrected chi connectivity index (χ4v) is 7.53. The third-order valence-corrected chi connectivity index (χ3v) is 9.83. The number of rotatable bonds is 5. The van der Waals surface area contributed by atoms with Crippen LogP contribution >= 0.6 is 46.2 Å². The molecule has 2 aromatic carbocycles. The molecule has 2 N–H and O–H groups in total. The number of fused-ring (bicyclic) bond motifs is 2. The molecule has 2 aromatic heterocycles. The van der Waals surface area contributed by atoms with Crippen molar-refractivity contribution < 1.29 is 18.0 Å². The molecule has 5 nitrogen and oxygen atoms in total. The molecule has 12 heteroatoms. The lowest BCUT2D eigenvalue weighted by atomic mass is 9.72. The van der Waals surface area contributed by atoms with Gasteiger partial charge in [0.1, 0.15) is 0 Å². The van der Waals surface area contributed by atoms with Crippen molar-refractivity contribution in [2.75, 3.05) is 5.32 Å². The third kappa shape index (κ3) is 5.65. The van der Waals surface area contributed by atoms with E-state index in [1.807, 2.05) is 30.3 Å². The van der Waals surface area contributed by atoms with E-state index in [0.29, 0.717) is 21.9 Å². The molecular weight excluding hydrogens is 561 g/mol. The minimum atomic E-state index is -4.60. The lowest BCUT2D eigenvalue weighted by Crippen LogP contribution is -2.31. The van der Waals surface area contributed by atoms with E-state index < -0.39 is 17.1 Å². The Balaban J connectivity index is 1.38. The first-order valence-electron chi connectivity index (χ1n) is 11.4. The first-order chi connectivity index (χ1) is 17.4. The number of thiophene rings is 1. The van der Waals surface area contributed by atoms with Crippen LogP contribution in [0.5, 0.6) is 0 Å². The average molecular weight is 583 g/mol. The van der Waals surface area contributed by atoms with Crippen LogP contribution < -0.4 is 10.0 Å². The number of nitrogens with zero attached hydrogens (tertiary/aromatic N) is 2. The van der Waals surface area contributed by atoms with Crippen molar-refractivity contribution in [1.82, 2.24) is 14.9 Å². The van der Waals surface area contributed by atoms with Crippen molar-refractivity contribution in [2.24, 2.45) is 5.41 Å². The summed E-state index contributed by atoms with van der Waals surface area (Å²) in [5, 5.41) is 9.57. The molecule has 1 amide bonds. The largest absolute Gasteiger partial charge is 0.445 e. The summed E-state index contributed by atoms with van der Waals surface area (Å²) in [7, 11) is 0. The van der Waals surface area contributed by atoms with Gasteiger partial charge in [-0.25, -0.2) is 0 Å². The smallest absolute Gasteiger partial charge is 0.296 e. The van der Waals surface area contributed by atoms with Gasteiger partial charge < -0.3 is 0 Å². The number of carbonyl (C=O) groups excluding carboxylic acids is 1. The molecule has 0 bridgehead atoms. The van der Waals surface area contributed by atoms with Crippen molar-refractivity contribution in [3.05, 3.63) is 68.7 Å². The van der Waals surface area contributed by atoms with Crippen LogP contribution in [0, 0.1) is 12.3 Å². The van der Waals surface area contributed by atoms with Gasteiger partial charge in [0.15, 0.2) is 0 Å². The molecule has 1 atom stereocenters. The summed E-state index contributed by atoms with van der Waals surface area (Å²) in [5.41, 5.74) is 3.72. The van der Waals surface area contributed by atoms with Crippen LogP contribution in [0.25, 0.3) is 10.1 Å². The molecule has 1 aliphatic rings. The first-order valence-corrected chi connectivity index (χ1v) is 14.2. The van der Waals surface area contributed by atoms with E-state index in [1.54, 1.807) is 29.4 Å². The summed E-state index contributed by atoms with van der Waals surface area (Å²) in [6.07, 6.45) is -2.88. The second-order valence-corrected chi connectivity index (χ2v) is 13.3. The Kier molecular flexibility index (Phi) is 7.03. The maximum absolute atomic E-state index is 12.9. The molecule has 4 aromatic rings. The molecule has 1 aliphatic carbocycles. The number of benzene rings is 2. The van der Waals surface area contributed by atoms with Gasteiger partial charge in [-0.15, -0.1) is 21.5 Å². The number of aromatic nitrogens is 2. The Hall–Kier alpha value is -2.18. The van der Waals surface area contributed by atoms with Crippen molar-refractivity contribution in [1.29, 1.82) is 0 Å². The van der Waals surface area contributed by atoms with E-state index >= 15 is 0 Å². The van der Waals surface area contributed by atoms with Gasteiger partial charge in [-0.2, -0.15) is 13.2 Å². The summed E-state index contributed by atoms with van der Waals surface area (Å²) in [6.45, 7) is 6.52. The summed E-state index contributed by atoms with van der Waals surface area (Å²) < 4.78 is 44.4. The molecule has 0 saturated heterocycles. The number of alkyl halides is 3. The monoisotopic (exact) mass is 582 g/mol. The van der Waals surface area contributed by atoms with Crippen LogP contribution in [0.15, 0.2) is 40.6 Å². The van der Waals surface area contributed by atoms with E-state index in [0.717, 1.165) is 33.6 Å². The Morgan fingerprint density at radius 1 is 1.16 bits per heavy atom. The fourth-order valence-electron chi connectivity index (χ4n) is 4.53. The first kappa shape index (κ1) is 26.4. The van der Waals surface area contributed by atoms with E-state index in [9.17, 15) is 18.0 Å². The van der Waals surface area contributed by atoms with Gasteiger partial charge in [0.05, 0.1) is 4.21 Å². The Labute approximate surface area is 229 Å². The van der Waals surface area contributed by atoms with Crippen molar-refractivity contribution >= 4 is 67.3 Å². The van der Waals surface area contributed by atoms with Crippen LogP contribution in [0.2, 0.25) is 5.02 Å². The Bertz CT molecular complexity index is 1500. The Morgan fingerprint density at radius 3 is 2.68 bits per heavy atom. The highest BCUT2D eigenvalue weighted by atomic mass is 35.5.